The van der Waals surface area contributed by atoms with Gasteiger partial charge in [-0.3, -0.25) is 0 Å². The molecular weight excluding hydrogens is 254 g/mol. The van der Waals surface area contributed by atoms with E-state index in [1.54, 1.807) is 0 Å². The number of imidazole rings is 1. The van der Waals surface area contributed by atoms with E-state index in [2.05, 4.69) is 34.3 Å². The number of aromatic nitrogens is 2. The third-order valence-electron chi connectivity index (χ3n) is 3.07. The van der Waals surface area contributed by atoms with E-state index < -0.39 is 0 Å². The van der Waals surface area contributed by atoms with Crippen molar-refractivity contribution in [1.29, 1.82) is 0 Å². The SMILES string of the molecule is CC(C)c1nc2n(c1Br)C(CN)CCC2. The molecule has 2 N–H and O–H groups in total. The Morgan fingerprint density at radius 2 is 2.33 bits per heavy atom. The molecule has 0 saturated heterocycles. The topological polar surface area (TPSA) is 43.8 Å². The summed E-state index contributed by atoms with van der Waals surface area (Å²) in [5.74, 6) is 1.67. The Bertz CT molecular complexity index is 357. The average Bonchev–Trinajstić information content (AvgIpc) is 2.56. The molecule has 1 aliphatic rings. The fourth-order valence-electron chi connectivity index (χ4n) is 2.24. The number of halogens is 1. The number of nitrogens with zero attached hydrogens (tertiary/aromatic N) is 2. The van der Waals surface area contributed by atoms with Gasteiger partial charge in [0.1, 0.15) is 10.4 Å². The van der Waals surface area contributed by atoms with Crippen molar-refractivity contribution in [2.24, 2.45) is 5.73 Å². The average molecular weight is 272 g/mol. The van der Waals surface area contributed by atoms with Crippen LogP contribution in [0.4, 0.5) is 0 Å². The van der Waals surface area contributed by atoms with Crippen LogP contribution in [0.2, 0.25) is 0 Å². The van der Waals surface area contributed by atoms with E-state index in [1.165, 1.54) is 24.4 Å². The molecule has 15 heavy (non-hydrogen) atoms. The van der Waals surface area contributed by atoms with Gasteiger partial charge in [0.25, 0.3) is 0 Å². The molecule has 0 aromatic carbocycles. The third-order valence-corrected chi connectivity index (χ3v) is 3.86. The van der Waals surface area contributed by atoms with Crippen molar-refractivity contribution in [2.75, 3.05) is 6.54 Å². The molecule has 0 radical (unpaired) electrons. The molecular formula is C11H18BrN3. The highest BCUT2D eigenvalue weighted by atomic mass is 79.9. The number of fused-ring (bicyclic) bond motifs is 1. The second kappa shape index (κ2) is 4.26. The van der Waals surface area contributed by atoms with Crippen molar-refractivity contribution in [3.05, 3.63) is 16.1 Å². The molecule has 0 spiro atoms. The van der Waals surface area contributed by atoms with Crippen LogP contribution in [-0.2, 0) is 6.42 Å². The van der Waals surface area contributed by atoms with E-state index in [1.807, 2.05) is 0 Å². The lowest BCUT2D eigenvalue weighted by Gasteiger charge is -2.24. The van der Waals surface area contributed by atoms with Gasteiger partial charge in [-0.25, -0.2) is 4.98 Å². The first kappa shape index (κ1) is 11.1. The van der Waals surface area contributed by atoms with Crippen LogP contribution in [0.1, 0.15) is 50.2 Å². The van der Waals surface area contributed by atoms with E-state index in [-0.39, 0.29) is 0 Å². The Morgan fingerprint density at radius 1 is 1.60 bits per heavy atom. The molecule has 0 bridgehead atoms. The standard InChI is InChI=1S/C11H18BrN3/c1-7(2)10-11(12)15-8(6-13)4-3-5-9(15)14-10/h7-8H,3-6,13H2,1-2H3. The van der Waals surface area contributed by atoms with E-state index in [4.69, 9.17) is 10.7 Å². The third kappa shape index (κ3) is 1.85. The highest BCUT2D eigenvalue weighted by molar-refractivity contribution is 9.10. The van der Waals surface area contributed by atoms with Gasteiger partial charge < -0.3 is 10.3 Å². The first-order valence-corrected chi connectivity index (χ1v) is 6.41. The second-order valence-electron chi connectivity index (χ2n) is 4.51. The quantitative estimate of drug-likeness (QED) is 0.899. The van der Waals surface area contributed by atoms with Gasteiger partial charge in [-0.05, 0) is 34.7 Å². The summed E-state index contributed by atoms with van der Waals surface area (Å²) in [6, 6.07) is 0.433. The zero-order chi connectivity index (χ0) is 11.0. The Morgan fingerprint density at radius 3 is 2.93 bits per heavy atom. The summed E-state index contributed by atoms with van der Waals surface area (Å²) in [6.07, 6.45) is 3.47. The minimum atomic E-state index is 0.433. The van der Waals surface area contributed by atoms with Crippen molar-refractivity contribution in [3.8, 4) is 0 Å². The summed E-state index contributed by atoms with van der Waals surface area (Å²) in [7, 11) is 0. The van der Waals surface area contributed by atoms with E-state index in [0.717, 1.165) is 11.0 Å². The van der Waals surface area contributed by atoms with E-state index in [0.29, 0.717) is 18.5 Å². The molecule has 4 heteroatoms. The lowest BCUT2D eigenvalue weighted by atomic mass is 10.1. The normalized spacial score (nSPS) is 20.7. The van der Waals surface area contributed by atoms with Crippen LogP contribution in [0.25, 0.3) is 0 Å². The summed E-state index contributed by atoms with van der Waals surface area (Å²) in [5.41, 5.74) is 6.97. The van der Waals surface area contributed by atoms with Crippen molar-refractivity contribution in [2.45, 2.75) is 45.1 Å². The van der Waals surface area contributed by atoms with Gasteiger partial charge in [0.15, 0.2) is 0 Å². The molecule has 1 unspecified atom stereocenters. The highest BCUT2D eigenvalue weighted by Crippen LogP contribution is 2.33. The fourth-order valence-corrected chi connectivity index (χ4v) is 3.28. The zero-order valence-corrected chi connectivity index (χ0v) is 10.9. The zero-order valence-electron chi connectivity index (χ0n) is 9.33. The van der Waals surface area contributed by atoms with Crippen LogP contribution in [0, 0.1) is 0 Å². The Labute approximate surface area is 99.2 Å². The number of hydrogen-bond acceptors (Lipinski definition) is 2. The number of hydrogen-bond donors (Lipinski definition) is 1. The Kier molecular flexibility index (Phi) is 3.16. The van der Waals surface area contributed by atoms with Gasteiger partial charge in [-0.1, -0.05) is 13.8 Å². The van der Waals surface area contributed by atoms with Crippen LogP contribution < -0.4 is 5.73 Å². The predicted octanol–water partition coefficient (Wildman–Crippen LogP) is 2.61. The fraction of sp³-hybridized carbons (Fsp3) is 0.727. The molecule has 2 heterocycles. The number of nitrogens with two attached hydrogens (primary N) is 1. The lowest BCUT2D eigenvalue weighted by molar-refractivity contribution is 0.399. The van der Waals surface area contributed by atoms with Gasteiger partial charge in [0.2, 0.25) is 0 Å². The summed E-state index contributed by atoms with van der Waals surface area (Å²) in [4.78, 5) is 4.71. The van der Waals surface area contributed by atoms with Gasteiger partial charge in [0, 0.05) is 19.0 Å². The molecule has 1 atom stereocenters. The van der Waals surface area contributed by atoms with E-state index >= 15 is 0 Å². The molecule has 1 aliphatic heterocycles. The molecule has 0 aliphatic carbocycles. The highest BCUT2D eigenvalue weighted by Gasteiger charge is 2.25. The molecule has 84 valence electrons. The Balaban J connectivity index is 2.46. The van der Waals surface area contributed by atoms with Crippen LogP contribution >= 0.6 is 15.9 Å². The van der Waals surface area contributed by atoms with Crippen LogP contribution in [0.5, 0.6) is 0 Å². The first-order chi connectivity index (χ1) is 7.15. The smallest absolute Gasteiger partial charge is 0.110 e. The molecule has 3 nitrogen and oxygen atoms in total. The first-order valence-electron chi connectivity index (χ1n) is 5.61. The van der Waals surface area contributed by atoms with Crippen molar-refractivity contribution >= 4 is 15.9 Å². The van der Waals surface area contributed by atoms with Crippen LogP contribution in [-0.4, -0.2) is 16.1 Å². The minimum Gasteiger partial charge on any atom is -0.328 e. The number of rotatable bonds is 2. The summed E-state index contributed by atoms with van der Waals surface area (Å²) in [6.45, 7) is 5.06. The van der Waals surface area contributed by atoms with Crippen molar-refractivity contribution in [3.63, 3.8) is 0 Å². The molecule has 0 saturated carbocycles. The summed E-state index contributed by atoms with van der Waals surface area (Å²) in [5, 5.41) is 0. The largest absolute Gasteiger partial charge is 0.328 e. The number of aryl methyl sites for hydroxylation is 1. The Hall–Kier alpha value is -0.350. The van der Waals surface area contributed by atoms with Crippen LogP contribution in [0.3, 0.4) is 0 Å². The van der Waals surface area contributed by atoms with E-state index in [9.17, 15) is 0 Å². The van der Waals surface area contributed by atoms with Crippen LogP contribution in [0.15, 0.2) is 4.60 Å². The maximum atomic E-state index is 5.80. The summed E-state index contributed by atoms with van der Waals surface area (Å²) < 4.78 is 3.43. The lowest BCUT2D eigenvalue weighted by Crippen LogP contribution is -2.25. The van der Waals surface area contributed by atoms with Gasteiger partial charge in [-0.2, -0.15) is 0 Å². The maximum absolute atomic E-state index is 5.80. The minimum absolute atomic E-state index is 0.433. The van der Waals surface area contributed by atoms with Gasteiger partial charge >= 0.3 is 0 Å². The van der Waals surface area contributed by atoms with Gasteiger partial charge in [0.05, 0.1) is 5.69 Å². The second-order valence-corrected chi connectivity index (χ2v) is 5.26. The predicted molar refractivity (Wildman–Crippen MR) is 65.0 cm³/mol. The van der Waals surface area contributed by atoms with Crippen molar-refractivity contribution in [1.82, 2.24) is 9.55 Å². The molecule has 0 fully saturated rings. The van der Waals surface area contributed by atoms with Gasteiger partial charge in [-0.15, -0.1) is 0 Å². The molecule has 1 aromatic heterocycles. The van der Waals surface area contributed by atoms with Crippen molar-refractivity contribution < 1.29 is 0 Å². The molecule has 0 amide bonds. The summed E-state index contributed by atoms with van der Waals surface area (Å²) >= 11 is 3.66. The molecule has 1 aromatic rings. The monoisotopic (exact) mass is 271 g/mol. The molecule has 2 rings (SSSR count). The maximum Gasteiger partial charge on any atom is 0.110 e.